The summed E-state index contributed by atoms with van der Waals surface area (Å²) in [4.78, 5) is 0. The molecular formula is C20H22ClFO6. The van der Waals surface area contributed by atoms with Crippen molar-refractivity contribution in [2.24, 2.45) is 0 Å². The van der Waals surface area contributed by atoms with Gasteiger partial charge in [-0.05, 0) is 43.2 Å². The molecule has 5 atom stereocenters. The average Bonchev–Trinajstić information content (AvgIpc) is 2.66. The standard InChI is InChI=1S/C20H22ClFO6/c1-10-8-11(12-4-3-5-13(21)16(12)22)6-7-14(10)27-19-20(2,26)18(25)17(24)15(9-23)28-19/h3-8,15,17-19,23-26H,9H2,1-2H3/t15-,17-,18+,19?,20+/m1/s1. The van der Waals surface area contributed by atoms with Crippen molar-refractivity contribution in [3.8, 4) is 16.9 Å². The Bertz CT molecular complexity index is 859. The molecule has 152 valence electrons. The number of aliphatic hydroxyl groups is 4. The number of aryl methyl sites for hydroxylation is 1. The van der Waals surface area contributed by atoms with Gasteiger partial charge in [-0.25, -0.2) is 4.39 Å². The van der Waals surface area contributed by atoms with Crippen LogP contribution in [-0.4, -0.2) is 57.2 Å². The van der Waals surface area contributed by atoms with Crippen molar-refractivity contribution in [1.29, 1.82) is 0 Å². The number of hydrogen-bond donors (Lipinski definition) is 4. The molecule has 1 unspecified atom stereocenters. The van der Waals surface area contributed by atoms with E-state index in [9.17, 15) is 24.8 Å². The van der Waals surface area contributed by atoms with Gasteiger partial charge in [0.2, 0.25) is 6.29 Å². The van der Waals surface area contributed by atoms with Crippen LogP contribution in [0.3, 0.4) is 0 Å². The highest BCUT2D eigenvalue weighted by atomic mass is 35.5. The predicted octanol–water partition coefficient (Wildman–Crippen LogP) is 2.02. The first kappa shape index (κ1) is 21.0. The monoisotopic (exact) mass is 412 g/mol. The maximum atomic E-state index is 14.3. The Hall–Kier alpha value is -1.74. The lowest BCUT2D eigenvalue weighted by molar-refractivity contribution is -0.314. The minimum Gasteiger partial charge on any atom is -0.461 e. The van der Waals surface area contributed by atoms with E-state index in [1.54, 1.807) is 37.3 Å². The van der Waals surface area contributed by atoms with Crippen LogP contribution >= 0.6 is 11.6 Å². The molecule has 2 aromatic carbocycles. The molecule has 2 aromatic rings. The second-order valence-electron chi connectivity index (χ2n) is 7.05. The number of benzene rings is 2. The van der Waals surface area contributed by atoms with Crippen LogP contribution in [0.2, 0.25) is 5.02 Å². The molecule has 0 aliphatic carbocycles. The van der Waals surface area contributed by atoms with Crippen LogP contribution in [0.5, 0.6) is 5.75 Å². The number of halogens is 2. The zero-order valence-electron chi connectivity index (χ0n) is 15.3. The Balaban J connectivity index is 1.88. The number of hydrogen-bond acceptors (Lipinski definition) is 6. The average molecular weight is 413 g/mol. The first-order chi connectivity index (χ1) is 13.2. The van der Waals surface area contributed by atoms with Crippen molar-refractivity contribution in [2.75, 3.05) is 6.61 Å². The van der Waals surface area contributed by atoms with Crippen molar-refractivity contribution in [2.45, 2.75) is 44.1 Å². The van der Waals surface area contributed by atoms with Crippen LogP contribution < -0.4 is 4.74 Å². The van der Waals surface area contributed by atoms with E-state index < -0.39 is 42.6 Å². The molecule has 8 heteroatoms. The third-order valence-electron chi connectivity index (χ3n) is 4.93. The van der Waals surface area contributed by atoms with E-state index >= 15 is 0 Å². The summed E-state index contributed by atoms with van der Waals surface area (Å²) in [6.45, 7) is 2.44. The predicted molar refractivity (Wildman–Crippen MR) is 101 cm³/mol. The summed E-state index contributed by atoms with van der Waals surface area (Å²) < 4.78 is 25.4. The van der Waals surface area contributed by atoms with Gasteiger partial charge >= 0.3 is 0 Å². The Morgan fingerprint density at radius 2 is 1.96 bits per heavy atom. The molecule has 1 aliphatic heterocycles. The van der Waals surface area contributed by atoms with E-state index in [-0.39, 0.29) is 5.02 Å². The molecule has 6 nitrogen and oxygen atoms in total. The smallest absolute Gasteiger partial charge is 0.231 e. The van der Waals surface area contributed by atoms with Gasteiger partial charge in [-0.2, -0.15) is 0 Å². The molecule has 1 aliphatic rings. The van der Waals surface area contributed by atoms with Crippen LogP contribution in [0.1, 0.15) is 12.5 Å². The van der Waals surface area contributed by atoms with Crippen molar-refractivity contribution < 1.29 is 34.3 Å². The molecule has 1 fully saturated rings. The molecule has 0 aromatic heterocycles. The molecule has 0 amide bonds. The van der Waals surface area contributed by atoms with Gasteiger partial charge in [0, 0.05) is 5.56 Å². The van der Waals surface area contributed by atoms with Gasteiger partial charge in [0.15, 0.2) is 5.60 Å². The first-order valence-corrected chi connectivity index (χ1v) is 9.11. The second-order valence-corrected chi connectivity index (χ2v) is 7.46. The summed E-state index contributed by atoms with van der Waals surface area (Å²) in [6, 6.07) is 9.62. The third kappa shape index (κ3) is 3.74. The van der Waals surface area contributed by atoms with Gasteiger partial charge in [0.05, 0.1) is 11.6 Å². The quantitative estimate of drug-likeness (QED) is 0.613. The first-order valence-electron chi connectivity index (χ1n) is 8.73. The highest BCUT2D eigenvalue weighted by molar-refractivity contribution is 6.31. The minimum absolute atomic E-state index is 0.0183. The molecule has 0 bridgehead atoms. The zero-order chi connectivity index (χ0) is 20.6. The van der Waals surface area contributed by atoms with Gasteiger partial charge in [-0.3, -0.25) is 0 Å². The lowest BCUT2D eigenvalue weighted by Gasteiger charge is -2.45. The van der Waals surface area contributed by atoms with Crippen LogP contribution in [0.25, 0.3) is 11.1 Å². The van der Waals surface area contributed by atoms with Gasteiger partial charge in [0.1, 0.15) is 29.9 Å². The summed E-state index contributed by atoms with van der Waals surface area (Å²) in [5.41, 5.74) is -0.376. The van der Waals surface area contributed by atoms with Crippen LogP contribution in [0.15, 0.2) is 36.4 Å². The minimum atomic E-state index is -1.92. The highest BCUT2D eigenvalue weighted by Crippen LogP contribution is 2.35. The summed E-state index contributed by atoms with van der Waals surface area (Å²) in [5, 5.41) is 39.9. The van der Waals surface area contributed by atoms with Gasteiger partial charge in [0.25, 0.3) is 0 Å². The molecule has 0 radical (unpaired) electrons. The van der Waals surface area contributed by atoms with Crippen molar-refractivity contribution in [3.63, 3.8) is 0 Å². The van der Waals surface area contributed by atoms with Crippen LogP contribution in [0, 0.1) is 12.7 Å². The lowest BCUT2D eigenvalue weighted by Crippen LogP contribution is -2.66. The fourth-order valence-electron chi connectivity index (χ4n) is 3.15. The zero-order valence-corrected chi connectivity index (χ0v) is 16.1. The maximum Gasteiger partial charge on any atom is 0.231 e. The Kier molecular flexibility index (Phi) is 5.95. The van der Waals surface area contributed by atoms with Gasteiger partial charge in [-0.1, -0.05) is 29.8 Å². The summed E-state index contributed by atoms with van der Waals surface area (Å²) >= 11 is 5.84. The Morgan fingerprint density at radius 1 is 1.25 bits per heavy atom. The summed E-state index contributed by atoms with van der Waals surface area (Å²) in [7, 11) is 0. The normalized spacial score (nSPS) is 30.3. The Labute approximate surface area is 166 Å². The summed E-state index contributed by atoms with van der Waals surface area (Å²) in [5.74, 6) is -0.199. The molecule has 4 N–H and O–H groups in total. The van der Waals surface area contributed by atoms with Gasteiger partial charge < -0.3 is 29.9 Å². The van der Waals surface area contributed by atoms with E-state index in [1.165, 1.54) is 13.0 Å². The van der Waals surface area contributed by atoms with E-state index in [0.29, 0.717) is 22.4 Å². The van der Waals surface area contributed by atoms with Crippen molar-refractivity contribution in [3.05, 3.63) is 52.8 Å². The third-order valence-corrected chi connectivity index (χ3v) is 5.22. The molecule has 3 rings (SSSR count). The van der Waals surface area contributed by atoms with Crippen LogP contribution in [-0.2, 0) is 4.74 Å². The maximum absolute atomic E-state index is 14.3. The number of rotatable bonds is 4. The van der Waals surface area contributed by atoms with E-state index in [2.05, 4.69) is 0 Å². The van der Waals surface area contributed by atoms with Crippen molar-refractivity contribution >= 4 is 11.6 Å². The molecule has 1 saturated heterocycles. The fourth-order valence-corrected chi connectivity index (χ4v) is 3.33. The summed E-state index contributed by atoms with van der Waals surface area (Å²) in [6.07, 6.45) is -5.49. The fraction of sp³-hybridized carbons (Fsp3) is 0.400. The van der Waals surface area contributed by atoms with E-state index in [0.717, 1.165) is 0 Å². The van der Waals surface area contributed by atoms with E-state index in [1.807, 2.05) is 0 Å². The van der Waals surface area contributed by atoms with Crippen LogP contribution in [0.4, 0.5) is 4.39 Å². The Morgan fingerprint density at radius 3 is 2.61 bits per heavy atom. The largest absolute Gasteiger partial charge is 0.461 e. The van der Waals surface area contributed by atoms with Crippen molar-refractivity contribution in [1.82, 2.24) is 0 Å². The highest BCUT2D eigenvalue weighted by Gasteiger charge is 2.53. The molecule has 0 spiro atoms. The number of ether oxygens (including phenoxy) is 2. The molecule has 0 saturated carbocycles. The van der Waals surface area contributed by atoms with Gasteiger partial charge in [-0.15, -0.1) is 0 Å². The SMILES string of the molecule is Cc1cc(-c2cccc(Cl)c2F)ccc1OC1O[C@H](CO)[C@@H](O)[C@H](O)[C@]1(C)O. The van der Waals surface area contributed by atoms with E-state index in [4.69, 9.17) is 21.1 Å². The second kappa shape index (κ2) is 7.94. The topological polar surface area (TPSA) is 99.4 Å². The number of aliphatic hydroxyl groups excluding tert-OH is 3. The molecular weight excluding hydrogens is 391 g/mol. The molecule has 1 heterocycles. The molecule has 28 heavy (non-hydrogen) atoms. The lowest BCUT2D eigenvalue weighted by atomic mass is 9.88.